The van der Waals surface area contributed by atoms with Crippen molar-refractivity contribution in [2.75, 3.05) is 25.5 Å². The smallest absolute Gasteiger partial charge is 0.195 e. The Hall–Kier alpha value is 0.160. The van der Waals surface area contributed by atoms with Gasteiger partial charge in [0, 0.05) is 31.6 Å². The summed E-state index contributed by atoms with van der Waals surface area (Å²) in [4.78, 5) is 0. The Bertz CT molecular complexity index is 393. The zero-order valence-corrected chi connectivity index (χ0v) is 13.5. The minimum absolute atomic E-state index is 0.125. The average Bonchev–Trinajstić information content (AvgIpc) is 2.38. The molecule has 2 aliphatic heterocycles. The van der Waals surface area contributed by atoms with Crippen LogP contribution in [0.25, 0.3) is 0 Å². The van der Waals surface area contributed by atoms with Crippen molar-refractivity contribution in [1.29, 1.82) is 0 Å². The van der Waals surface area contributed by atoms with Crippen molar-refractivity contribution < 1.29 is 8.42 Å². The van der Waals surface area contributed by atoms with Gasteiger partial charge in [0.15, 0.2) is 0 Å². The molecule has 0 aliphatic carbocycles. The van der Waals surface area contributed by atoms with Crippen LogP contribution in [-0.4, -0.2) is 48.6 Å². The number of halogens is 1. The Kier molecular flexibility index (Phi) is 5.15. The molecule has 0 N–H and O–H groups in total. The Balaban J connectivity index is 2.02. The zero-order chi connectivity index (χ0) is 14.0. The van der Waals surface area contributed by atoms with Gasteiger partial charge in [-0.25, -0.2) is 0 Å². The molecular weight excluding hydrogens is 284 g/mol. The molecule has 0 spiro atoms. The molecule has 2 aliphatic rings. The average molecular weight is 309 g/mol. The van der Waals surface area contributed by atoms with Crippen LogP contribution >= 0.6 is 11.6 Å². The third-order valence-electron chi connectivity index (χ3n) is 4.49. The fourth-order valence-corrected chi connectivity index (χ4v) is 5.33. The van der Waals surface area contributed by atoms with E-state index in [9.17, 15) is 8.42 Å². The van der Waals surface area contributed by atoms with Crippen molar-refractivity contribution in [2.24, 2.45) is 11.8 Å². The quantitative estimate of drug-likeness (QED) is 0.751. The number of hydrogen-bond donors (Lipinski definition) is 0. The van der Waals surface area contributed by atoms with Gasteiger partial charge < -0.3 is 0 Å². The minimum Gasteiger partial charge on any atom is -0.195 e. The maximum atomic E-state index is 12.7. The van der Waals surface area contributed by atoms with Gasteiger partial charge in [0.25, 0.3) is 10.2 Å². The van der Waals surface area contributed by atoms with Crippen LogP contribution in [0.1, 0.15) is 39.5 Å². The Morgan fingerprint density at radius 2 is 1.74 bits per heavy atom. The first kappa shape index (κ1) is 15.5. The summed E-state index contributed by atoms with van der Waals surface area (Å²) < 4.78 is 28.7. The van der Waals surface area contributed by atoms with E-state index >= 15 is 0 Å². The molecule has 2 atom stereocenters. The standard InChI is InChI=1S/C13H25ClN2O2S/c1-11-3-8-16(12(2)9-11)19(17,18)15-6-4-13(10-14)5-7-15/h11-13H,3-10H2,1-2H3. The molecule has 2 rings (SSSR count). The number of hydrogen-bond acceptors (Lipinski definition) is 2. The summed E-state index contributed by atoms with van der Waals surface area (Å²) in [6, 6.07) is 0.125. The first-order valence-corrected chi connectivity index (χ1v) is 9.21. The van der Waals surface area contributed by atoms with E-state index in [-0.39, 0.29) is 6.04 Å². The molecule has 6 heteroatoms. The maximum Gasteiger partial charge on any atom is 0.282 e. The van der Waals surface area contributed by atoms with Crippen molar-refractivity contribution in [3.8, 4) is 0 Å². The van der Waals surface area contributed by atoms with Gasteiger partial charge in [0.1, 0.15) is 0 Å². The molecule has 19 heavy (non-hydrogen) atoms. The first-order valence-electron chi connectivity index (χ1n) is 7.28. The van der Waals surface area contributed by atoms with Gasteiger partial charge in [0.05, 0.1) is 0 Å². The largest absolute Gasteiger partial charge is 0.282 e. The van der Waals surface area contributed by atoms with E-state index in [0.29, 0.717) is 37.4 Å². The highest BCUT2D eigenvalue weighted by Gasteiger charge is 2.37. The van der Waals surface area contributed by atoms with E-state index in [2.05, 4.69) is 6.92 Å². The number of piperidine rings is 2. The number of nitrogens with zero attached hydrogens (tertiary/aromatic N) is 2. The Morgan fingerprint density at radius 3 is 2.26 bits per heavy atom. The molecule has 2 unspecified atom stereocenters. The molecule has 0 radical (unpaired) electrons. The van der Waals surface area contributed by atoms with Gasteiger partial charge in [-0.1, -0.05) is 6.92 Å². The molecule has 0 bridgehead atoms. The summed E-state index contributed by atoms with van der Waals surface area (Å²) in [6.07, 6.45) is 3.72. The normalized spacial score (nSPS) is 32.6. The SMILES string of the molecule is CC1CCN(S(=O)(=O)N2CCC(CCl)CC2)C(C)C1. The van der Waals surface area contributed by atoms with Crippen molar-refractivity contribution in [3.05, 3.63) is 0 Å². The lowest BCUT2D eigenvalue weighted by Crippen LogP contribution is -2.52. The predicted octanol–water partition coefficient (Wildman–Crippen LogP) is 2.30. The fourth-order valence-electron chi connectivity index (χ4n) is 3.17. The third-order valence-corrected chi connectivity index (χ3v) is 7.08. The van der Waals surface area contributed by atoms with Gasteiger partial charge in [-0.15, -0.1) is 11.6 Å². The summed E-state index contributed by atoms with van der Waals surface area (Å²) >= 11 is 5.85. The highest BCUT2D eigenvalue weighted by molar-refractivity contribution is 7.86. The number of rotatable bonds is 3. The van der Waals surface area contributed by atoms with Crippen molar-refractivity contribution in [1.82, 2.24) is 8.61 Å². The lowest BCUT2D eigenvalue weighted by atomic mass is 9.95. The second-order valence-electron chi connectivity index (χ2n) is 6.09. The van der Waals surface area contributed by atoms with Gasteiger partial charge >= 0.3 is 0 Å². The van der Waals surface area contributed by atoms with E-state index in [4.69, 9.17) is 11.6 Å². The second-order valence-corrected chi connectivity index (χ2v) is 8.28. The molecule has 0 amide bonds. The Labute approximate surface area is 122 Å². The Morgan fingerprint density at radius 1 is 1.11 bits per heavy atom. The topological polar surface area (TPSA) is 40.6 Å². The van der Waals surface area contributed by atoms with Crippen LogP contribution in [-0.2, 0) is 10.2 Å². The van der Waals surface area contributed by atoms with Crippen LogP contribution in [0.4, 0.5) is 0 Å². The predicted molar refractivity (Wildman–Crippen MR) is 78.5 cm³/mol. The summed E-state index contributed by atoms with van der Waals surface area (Å²) in [5.41, 5.74) is 0. The highest BCUT2D eigenvalue weighted by Crippen LogP contribution is 2.28. The van der Waals surface area contributed by atoms with Crippen LogP contribution in [0.3, 0.4) is 0 Å². The lowest BCUT2D eigenvalue weighted by molar-refractivity contribution is 0.194. The van der Waals surface area contributed by atoms with Gasteiger partial charge in [0.2, 0.25) is 0 Å². The van der Waals surface area contributed by atoms with Crippen LogP contribution in [0.2, 0.25) is 0 Å². The van der Waals surface area contributed by atoms with Crippen LogP contribution in [0.15, 0.2) is 0 Å². The summed E-state index contributed by atoms with van der Waals surface area (Å²) in [5, 5.41) is 0. The molecule has 0 saturated carbocycles. The third kappa shape index (κ3) is 3.43. The molecule has 0 aromatic carbocycles. The summed E-state index contributed by atoms with van der Waals surface area (Å²) in [5.74, 6) is 1.75. The van der Waals surface area contributed by atoms with Crippen molar-refractivity contribution in [2.45, 2.75) is 45.6 Å². The molecule has 112 valence electrons. The molecule has 4 nitrogen and oxygen atoms in total. The molecule has 2 saturated heterocycles. The summed E-state index contributed by atoms with van der Waals surface area (Å²) in [7, 11) is -3.27. The van der Waals surface area contributed by atoms with E-state index in [1.54, 1.807) is 8.61 Å². The van der Waals surface area contributed by atoms with E-state index in [0.717, 1.165) is 25.7 Å². The van der Waals surface area contributed by atoms with Crippen molar-refractivity contribution in [3.63, 3.8) is 0 Å². The van der Waals surface area contributed by atoms with E-state index in [1.165, 1.54) is 0 Å². The molecule has 2 fully saturated rings. The molecule has 0 aromatic heterocycles. The maximum absolute atomic E-state index is 12.7. The molecule has 2 heterocycles. The zero-order valence-electron chi connectivity index (χ0n) is 11.9. The second kappa shape index (κ2) is 6.29. The van der Waals surface area contributed by atoms with Crippen molar-refractivity contribution >= 4 is 21.8 Å². The summed E-state index contributed by atoms with van der Waals surface area (Å²) in [6.45, 7) is 6.14. The first-order chi connectivity index (χ1) is 8.95. The van der Waals surface area contributed by atoms with Crippen LogP contribution < -0.4 is 0 Å². The molecular formula is C13H25ClN2O2S. The van der Waals surface area contributed by atoms with Gasteiger partial charge in [-0.3, -0.25) is 0 Å². The number of alkyl halides is 1. The van der Waals surface area contributed by atoms with E-state index < -0.39 is 10.2 Å². The fraction of sp³-hybridized carbons (Fsp3) is 1.00. The van der Waals surface area contributed by atoms with Crippen LogP contribution in [0.5, 0.6) is 0 Å². The van der Waals surface area contributed by atoms with E-state index in [1.807, 2.05) is 6.92 Å². The molecule has 0 aromatic rings. The lowest BCUT2D eigenvalue weighted by Gasteiger charge is -2.40. The van der Waals surface area contributed by atoms with Crippen LogP contribution in [0, 0.1) is 11.8 Å². The highest BCUT2D eigenvalue weighted by atomic mass is 35.5. The monoisotopic (exact) mass is 308 g/mol. The van der Waals surface area contributed by atoms with Gasteiger partial charge in [-0.05, 0) is 44.4 Å². The minimum atomic E-state index is -3.27. The van der Waals surface area contributed by atoms with Gasteiger partial charge in [-0.2, -0.15) is 17.0 Å².